The lowest BCUT2D eigenvalue weighted by Crippen LogP contribution is -2.02. The van der Waals surface area contributed by atoms with E-state index in [-0.39, 0.29) is 0 Å². The van der Waals surface area contributed by atoms with Crippen LogP contribution < -0.4 is 9.47 Å². The van der Waals surface area contributed by atoms with Gasteiger partial charge < -0.3 is 9.47 Å². The molecule has 0 saturated heterocycles. The SMILES string of the molecule is C#Cc1cc(OCCCC)c(C#C)cc1OCCCC. The van der Waals surface area contributed by atoms with Crippen LogP contribution in [0.3, 0.4) is 0 Å². The molecule has 1 rings (SSSR count). The zero-order chi connectivity index (χ0) is 14.8. The highest BCUT2D eigenvalue weighted by atomic mass is 16.5. The van der Waals surface area contributed by atoms with Gasteiger partial charge in [0.2, 0.25) is 0 Å². The first kappa shape index (κ1) is 16.0. The second kappa shape index (κ2) is 8.94. The lowest BCUT2D eigenvalue weighted by atomic mass is 10.1. The van der Waals surface area contributed by atoms with Gasteiger partial charge in [-0.15, -0.1) is 12.8 Å². The van der Waals surface area contributed by atoms with Crippen LogP contribution in [0.2, 0.25) is 0 Å². The van der Waals surface area contributed by atoms with Gasteiger partial charge in [0, 0.05) is 12.1 Å². The maximum atomic E-state index is 5.70. The van der Waals surface area contributed by atoms with Gasteiger partial charge in [-0.2, -0.15) is 0 Å². The third-order valence-corrected chi connectivity index (χ3v) is 2.90. The molecule has 0 saturated carbocycles. The zero-order valence-corrected chi connectivity index (χ0v) is 12.4. The Hall–Kier alpha value is -2.06. The first-order chi connectivity index (χ1) is 9.76. The topological polar surface area (TPSA) is 18.5 Å². The molecule has 0 aromatic heterocycles. The number of ether oxygens (including phenoxy) is 2. The summed E-state index contributed by atoms with van der Waals surface area (Å²) in [5.41, 5.74) is 1.37. The summed E-state index contributed by atoms with van der Waals surface area (Å²) in [6, 6.07) is 3.60. The predicted molar refractivity (Wildman–Crippen MR) is 83.1 cm³/mol. The summed E-state index contributed by atoms with van der Waals surface area (Å²) in [5, 5.41) is 0. The van der Waals surface area contributed by atoms with E-state index in [4.69, 9.17) is 22.3 Å². The van der Waals surface area contributed by atoms with Crippen LogP contribution in [0.25, 0.3) is 0 Å². The lowest BCUT2D eigenvalue weighted by Gasteiger charge is -2.13. The van der Waals surface area contributed by atoms with Gasteiger partial charge in [-0.3, -0.25) is 0 Å². The number of benzene rings is 1. The monoisotopic (exact) mass is 270 g/mol. The lowest BCUT2D eigenvalue weighted by molar-refractivity contribution is 0.299. The summed E-state index contributed by atoms with van der Waals surface area (Å²) in [6.45, 7) is 5.52. The molecule has 2 heteroatoms. The summed E-state index contributed by atoms with van der Waals surface area (Å²) in [6.07, 6.45) is 15.2. The number of rotatable bonds is 8. The van der Waals surface area contributed by atoms with E-state index in [0.717, 1.165) is 25.7 Å². The third kappa shape index (κ3) is 4.56. The van der Waals surface area contributed by atoms with E-state index >= 15 is 0 Å². The van der Waals surface area contributed by atoms with Crippen molar-refractivity contribution >= 4 is 0 Å². The van der Waals surface area contributed by atoms with Gasteiger partial charge in [0.05, 0.1) is 24.3 Å². The average Bonchev–Trinajstić information content (AvgIpc) is 2.48. The van der Waals surface area contributed by atoms with Crippen LogP contribution in [0, 0.1) is 24.7 Å². The molecule has 0 atom stereocenters. The van der Waals surface area contributed by atoms with Gasteiger partial charge in [-0.1, -0.05) is 38.5 Å². The van der Waals surface area contributed by atoms with Crippen LogP contribution in [-0.2, 0) is 0 Å². The van der Waals surface area contributed by atoms with Crippen LogP contribution in [0.15, 0.2) is 12.1 Å². The molecular formula is C18H22O2. The minimum Gasteiger partial charge on any atom is -0.492 e. The molecule has 0 aliphatic rings. The van der Waals surface area contributed by atoms with E-state index in [1.165, 1.54) is 0 Å². The van der Waals surface area contributed by atoms with E-state index in [0.29, 0.717) is 35.8 Å². The van der Waals surface area contributed by atoms with Crippen molar-refractivity contribution in [1.29, 1.82) is 0 Å². The molecule has 1 aromatic carbocycles. The molecule has 1 aromatic rings. The zero-order valence-electron chi connectivity index (χ0n) is 12.4. The molecule has 0 unspecified atom stereocenters. The summed E-state index contributed by atoms with van der Waals surface area (Å²) in [4.78, 5) is 0. The fraction of sp³-hybridized carbons (Fsp3) is 0.444. The summed E-state index contributed by atoms with van der Waals surface area (Å²) in [7, 11) is 0. The van der Waals surface area contributed by atoms with Crippen molar-refractivity contribution in [3.8, 4) is 36.2 Å². The van der Waals surface area contributed by atoms with Crippen molar-refractivity contribution in [3.05, 3.63) is 23.3 Å². The van der Waals surface area contributed by atoms with Gasteiger partial charge in [-0.05, 0) is 12.8 Å². The fourth-order valence-electron chi connectivity index (χ4n) is 1.68. The summed E-state index contributed by atoms with van der Waals surface area (Å²) in [5.74, 6) is 6.59. The Balaban J connectivity index is 2.93. The normalized spacial score (nSPS) is 9.60. The molecule has 0 aliphatic carbocycles. The second-order valence-electron chi connectivity index (χ2n) is 4.54. The Morgan fingerprint density at radius 2 is 1.25 bits per heavy atom. The third-order valence-electron chi connectivity index (χ3n) is 2.90. The van der Waals surface area contributed by atoms with Gasteiger partial charge >= 0.3 is 0 Å². The van der Waals surface area contributed by atoms with E-state index in [1.807, 2.05) is 0 Å². The van der Waals surface area contributed by atoms with Crippen LogP contribution in [0.4, 0.5) is 0 Å². The van der Waals surface area contributed by atoms with Gasteiger partial charge in [0.15, 0.2) is 0 Å². The molecule has 0 heterocycles. The van der Waals surface area contributed by atoms with Gasteiger partial charge in [0.1, 0.15) is 11.5 Å². The quantitative estimate of drug-likeness (QED) is 0.525. The Kier molecular flexibility index (Phi) is 7.15. The van der Waals surface area contributed by atoms with Gasteiger partial charge in [-0.25, -0.2) is 0 Å². The van der Waals surface area contributed by atoms with E-state index in [2.05, 4.69) is 25.7 Å². The Morgan fingerprint density at radius 1 is 0.850 bits per heavy atom. The molecule has 20 heavy (non-hydrogen) atoms. The minimum absolute atomic E-state index is 0.644. The first-order valence-electron chi connectivity index (χ1n) is 7.13. The van der Waals surface area contributed by atoms with Crippen molar-refractivity contribution in [3.63, 3.8) is 0 Å². The molecular weight excluding hydrogens is 248 g/mol. The van der Waals surface area contributed by atoms with Crippen molar-refractivity contribution < 1.29 is 9.47 Å². The number of unbranched alkanes of at least 4 members (excludes halogenated alkanes) is 2. The Labute approximate surface area is 122 Å². The standard InChI is InChI=1S/C18H22O2/c1-5-9-11-19-17-13-16(8-4)18(14-15(17)7-3)20-12-10-6-2/h3-4,13-14H,5-6,9-12H2,1-2H3. The summed E-state index contributed by atoms with van der Waals surface area (Å²) >= 11 is 0. The Morgan fingerprint density at radius 3 is 1.55 bits per heavy atom. The molecule has 0 fully saturated rings. The number of terminal acetylenes is 2. The highest BCUT2D eigenvalue weighted by Gasteiger charge is 2.10. The van der Waals surface area contributed by atoms with Crippen molar-refractivity contribution in [2.24, 2.45) is 0 Å². The minimum atomic E-state index is 0.644. The average molecular weight is 270 g/mol. The van der Waals surface area contributed by atoms with Crippen LogP contribution >= 0.6 is 0 Å². The molecule has 0 amide bonds. The van der Waals surface area contributed by atoms with E-state index in [1.54, 1.807) is 12.1 Å². The smallest absolute Gasteiger partial charge is 0.136 e. The molecule has 0 spiro atoms. The second-order valence-corrected chi connectivity index (χ2v) is 4.54. The van der Waals surface area contributed by atoms with Crippen molar-refractivity contribution in [2.75, 3.05) is 13.2 Å². The first-order valence-corrected chi connectivity index (χ1v) is 7.13. The van der Waals surface area contributed by atoms with Crippen molar-refractivity contribution in [2.45, 2.75) is 39.5 Å². The van der Waals surface area contributed by atoms with Crippen LogP contribution in [0.5, 0.6) is 11.5 Å². The fourth-order valence-corrected chi connectivity index (χ4v) is 1.68. The van der Waals surface area contributed by atoms with Crippen LogP contribution in [0.1, 0.15) is 50.7 Å². The van der Waals surface area contributed by atoms with Crippen molar-refractivity contribution in [1.82, 2.24) is 0 Å². The number of hydrogen-bond donors (Lipinski definition) is 0. The molecule has 0 bridgehead atoms. The number of hydrogen-bond acceptors (Lipinski definition) is 2. The molecule has 106 valence electrons. The maximum absolute atomic E-state index is 5.70. The molecule has 0 aliphatic heterocycles. The molecule has 0 N–H and O–H groups in total. The predicted octanol–water partition coefficient (Wildman–Crippen LogP) is 4.01. The van der Waals surface area contributed by atoms with E-state index < -0.39 is 0 Å². The largest absolute Gasteiger partial charge is 0.492 e. The highest BCUT2D eigenvalue weighted by molar-refractivity contribution is 5.57. The molecule has 0 radical (unpaired) electrons. The molecule has 2 nitrogen and oxygen atoms in total. The Bertz CT molecular complexity index is 456. The maximum Gasteiger partial charge on any atom is 0.136 e. The highest BCUT2D eigenvalue weighted by Crippen LogP contribution is 2.28. The van der Waals surface area contributed by atoms with E-state index in [9.17, 15) is 0 Å². The van der Waals surface area contributed by atoms with Crippen LogP contribution in [-0.4, -0.2) is 13.2 Å². The summed E-state index contributed by atoms with van der Waals surface area (Å²) < 4.78 is 11.4. The van der Waals surface area contributed by atoms with Gasteiger partial charge in [0.25, 0.3) is 0 Å².